The zero-order valence-electron chi connectivity index (χ0n) is 14.4. The van der Waals surface area contributed by atoms with Gasteiger partial charge in [0.05, 0.1) is 6.61 Å². The van der Waals surface area contributed by atoms with E-state index in [-0.39, 0.29) is 18.1 Å². The number of esters is 1. The van der Waals surface area contributed by atoms with Crippen molar-refractivity contribution < 1.29 is 18.8 Å². The molecule has 0 saturated heterocycles. The van der Waals surface area contributed by atoms with Crippen LogP contribution in [0.5, 0.6) is 5.75 Å². The summed E-state index contributed by atoms with van der Waals surface area (Å²) >= 11 is 1.51. The van der Waals surface area contributed by atoms with Crippen LogP contribution in [-0.2, 0) is 16.1 Å². The van der Waals surface area contributed by atoms with Gasteiger partial charge in [0.2, 0.25) is 5.82 Å². The number of aromatic nitrogens is 2. The van der Waals surface area contributed by atoms with E-state index in [1.165, 1.54) is 17.4 Å². The van der Waals surface area contributed by atoms with Gasteiger partial charge in [0, 0.05) is 10.9 Å². The third-order valence-corrected chi connectivity index (χ3v) is 4.10. The second-order valence-electron chi connectivity index (χ2n) is 5.27. The Balaban J connectivity index is 1.62. The van der Waals surface area contributed by atoms with Crippen molar-refractivity contribution in [2.45, 2.75) is 13.5 Å². The molecule has 8 heteroatoms. The first kappa shape index (κ1) is 18.4. The normalized spacial score (nSPS) is 11.0. The van der Waals surface area contributed by atoms with E-state index in [0.717, 1.165) is 5.56 Å². The van der Waals surface area contributed by atoms with Gasteiger partial charge in [-0.3, -0.25) is 0 Å². The number of ether oxygens (including phenoxy) is 2. The van der Waals surface area contributed by atoms with E-state index in [2.05, 4.69) is 10.1 Å². The monoisotopic (exact) mass is 381 g/mol. The highest BCUT2D eigenvalue weighted by atomic mass is 32.1. The zero-order chi connectivity index (χ0) is 19.1. The van der Waals surface area contributed by atoms with Gasteiger partial charge in [-0.1, -0.05) is 17.3 Å². The molecule has 0 aliphatic carbocycles. The molecule has 0 unspecified atom stereocenters. The number of carbonyl (C=O) groups excluding carboxylic acids is 1. The standard InChI is InChI=1S/C19H15N3O4S/c1-2-24-16-5-3-13(4-6-16)9-15(10-20)19(23)25-11-17-21-18(22-26-17)14-7-8-27-12-14/h3-9,12H,2,11H2,1H3/b15-9+. The number of hydrogen-bond acceptors (Lipinski definition) is 8. The van der Waals surface area contributed by atoms with Gasteiger partial charge in [-0.2, -0.15) is 21.6 Å². The minimum absolute atomic E-state index is 0.128. The number of rotatable bonds is 7. The fourth-order valence-corrected chi connectivity index (χ4v) is 2.79. The van der Waals surface area contributed by atoms with Gasteiger partial charge in [-0.15, -0.1) is 0 Å². The molecule has 0 amide bonds. The van der Waals surface area contributed by atoms with Crippen LogP contribution >= 0.6 is 11.3 Å². The number of carbonyl (C=O) groups is 1. The van der Waals surface area contributed by atoms with Crippen molar-refractivity contribution in [1.82, 2.24) is 10.1 Å². The molecule has 0 radical (unpaired) electrons. The van der Waals surface area contributed by atoms with Crippen LogP contribution in [0.4, 0.5) is 0 Å². The minimum Gasteiger partial charge on any atom is -0.494 e. The summed E-state index contributed by atoms with van der Waals surface area (Å²) in [6.07, 6.45) is 1.45. The maximum absolute atomic E-state index is 12.1. The highest BCUT2D eigenvalue weighted by Crippen LogP contribution is 2.19. The summed E-state index contributed by atoms with van der Waals surface area (Å²) in [6.45, 7) is 2.25. The quantitative estimate of drug-likeness (QED) is 0.348. The predicted molar refractivity (Wildman–Crippen MR) is 98.6 cm³/mol. The Bertz CT molecular complexity index is 969. The number of hydrogen-bond donors (Lipinski definition) is 0. The lowest BCUT2D eigenvalue weighted by Gasteiger charge is -2.03. The van der Waals surface area contributed by atoms with Gasteiger partial charge in [0.1, 0.15) is 17.4 Å². The van der Waals surface area contributed by atoms with Crippen LogP contribution in [0.1, 0.15) is 18.4 Å². The van der Waals surface area contributed by atoms with Crippen LogP contribution in [0.3, 0.4) is 0 Å². The van der Waals surface area contributed by atoms with E-state index in [0.29, 0.717) is 23.7 Å². The van der Waals surface area contributed by atoms with Crippen LogP contribution in [0, 0.1) is 11.3 Å². The summed E-state index contributed by atoms with van der Waals surface area (Å²) in [5, 5.41) is 16.8. The average molecular weight is 381 g/mol. The number of nitriles is 1. The molecule has 7 nitrogen and oxygen atoms in total. The SMILES string of the molecule is CCOc1ccc(/C=C(\C#N)C(=O)OCc2nc(-c3ccsc3)no2)cc1. The molecule has 3 aromatic rings. The Labute approximate surface area is 159 Å². The van der Waals surface area contributed by atoms with Crippen LogP contribution in [-0.4, -0.2) is 22.7 Å². The molecule has 0 atom stereocenters. The molecule has 0 aliphatic rings. The summed E-state index contributed by atoms with van der Waals surface area (Å²) in [7, 11) is 0. The first-order valence-electron chi connectivity index (χ1n) is 8.06. The summed E-state index contributed by atoms with van der Waals surface area (Å²) < 4.78 is 15.5. The molecule has 2 heterocycles. The van der Waals surface area contributed by atoms with Gasteiger partial charge < -0.3 is 14.0 Å². The molecule has 1 aromatic carbocycles. The summed E-state index contributed by atoms with van der Waals surface area (Å²) in [5.41, 5.74) is 1.38. The summed E-state index contributed by atoms with van der Waals surface area (Å²) in [6, 6.07) is 10.7. The van der Waals surface area contributed by atoms with Crippen molar-refractivity contribution in [1.29, 1.82) is 5.26 Å². The van der Waals surface area contributed by atoms with Crippen molar-refractivity contribution in [2.75, 3.05) is 6.61 Å². The fraction of sp³-hybridized carbons (Fsp3) is 0.158. The van der Waals surface area contributed by atoms with Crippen molar-refractivity contribution in [3.8, 4) is 23.2 Å². The number of thiophene rings is 1. The van der Waals surface area contributed by atoms with Crippen LogP contribution < -0.4 is 4.74 Å². The Kier molecular flexibility index (Phi) is 5.97. The van der Waals surface area contributed by atoms with E-state index in [9.17, 15) is 10.1 Å². The van der Waals surface area contributed by atoms with Gasteiger partial charge in [-0.05, 0) is 42.1 Å². The third kappa shape index (κ3) is 4.80. The smallest absolute Gasteiger partial charge is 0.349 e. The van der Waals surface area contributed by atoms with E-state index >= 15 is 0 Å². The lowest BCUT2D eigenvalue weighted by Crippen LogP contribution is -2.07. The van der Waals surface area contributed by atoms with E-state index in [1.807, 2.05) is 29.8 Å². The number of benzene rings is 1. The number of nitrogens with zero attached hydrogens (tertiary/aromatic N) is 3. The average Bonchev–Trinajstić information content (AvgIpc) is 3.37. The van der Waals surface area contributed by atoms with Crippen LogP contribution in [0.15, 0.2) is 51.2 Å². The molecule has 0 N–H and O–H groups in total. The lowest BCUT2D eigenvalue weighted by molar-refractivity contribution is -0.140. The Morgan fingerprint density at radius 3 is 2.81 bits per heavy atom. The van der Waals surface area contributed by atoms with Crippen molar-refractivity contribution in [3.63, 3.8) is 0 Å². The topological polar surface area (TPSA) is 98.2 Å². The Morgan fingerprint density at radius 2 is 2.15 bits per heavy atom. The van der Waals surface area contributed by atoms with Gasteiger partial charge in [-0.25, -0.2) is 4.79 Å². The van der Waals surface area contributed by atoms with E-state index in [4.69, 9.17) is 14.0 Å². The van der Waals surface area contributed by atoms with Gasteiger partial charge >= 0.3 is 5.97 Å². The largest absolute Gasteiger partial charge is 0.494 e. The van der Waals surface area contributed by atoms with Crippen LogP contribution in [0.2, 0.25) is 0 Å². The second-order valence-corrected chi connectivity index (χ2v) is 6.05. The highest BCUT2D eigenvalue weighted by Gasteiger charge is 2.14. The molecule has 0 saturated carbocycles. The summed E-state index contributed by atoms with van der Waals surface area (Å²) in [5.74, 6) is 0.533. The summed E-state index contributed by atoms with van der Waals surface area (Å²) in [4.78, 5) is 16.3. The van der Waals surface area contributed by atoms with Crippen molar-refractivity contribution in [3.05, 3.63) is 58.1 Å². The highest BCUT2D eigenvalue weighted by molar-refractivity contribution is 7.08. The Morgan fingerprint density at radius 1 is 1.33 bits per heavy atom. The molecular formula is C19H15N3O4S. The third-order valence-electron chi connectivity index (χ3n) is 3.42. The molecule has 27 heavy (non-hydrogen) atoms. The first-order chi connectivity index (χ1) is 13.2. The molecule has 0 aliphatic heterocycles. The van der Waals surface area contributed by atoms with Crippen LogP contribution in [0.25, 0.3) is 17.5 Å². The minimum atomic E-state index is -0.762. The van der Waals surface area contributed by atoms with Gasteiger partial charge in [0.15, 0.2) is 6.61 Å². The molecule has 0 bridgehead atoms. The predicted octanol–water partition coefficient (Wildman–Crippen LogP) is 3.85. The molecule has 0 spiro atoms. The van der Waals surface area contributed by atoms with E-state index < -0.39 is 5.97 Å². The second kappa shape index (κ2) is 8.78. The Hall–Kier alpha value is -3.44. The fourth-order valence-electron chi connectivity index (χ4n) is 2.16. The van der Waals surface area contributed by atoms with Gasteiger partial charge in [0.25, 0.3) is 5.89 Å². The zero-order valence-corrected chi connectivity index (χ0v) is 15.2. The first-order valence-corrected chi connectivity index (χ1v) is 9.01. The lowest BCUT2D eigenvalue weighted by atomic mass is 10.1. The molecular weight excluding hydrogens is 366 g/mol. The molecule has 3 rings (SSSR count). The van der Waals surface area contributed by atoms with Crippen molar-refractivity contribution >= 4 is 23.4 Å². The van der Waals surface area contributed by atoms with E-state index in [1.54, 1.807) is 24.3 Å². The molecule has 0 fully saturated rings. The molecule has 2 aromatic heterocycles. The van der Waals surface area contributed by atoms with Crippen molar-refractivity contribution in [2.24, 2.45) is 0 Å². The molecule has 136 valence electrons. The maximum Gasteiger partial charge on any atom is 0.349 e. The maximum atomic E-state index is 12.1.